The van der Waals surface area contributed by atoms with Gasteiger partial charge in [0.2, 0.25) is 0 Å². The van der Waals surface area contributed by atoms with Crippen LogP contribution in [-0.4, -0.2) is 18.7 Å². The van der Waals surface area contributed by atoms with Crippen molar-refractivity contribution in [2.45, 2.75) is 19.3 Å². The maximum absolute atomic E-state index is 11.5. The zero-order valence-electron chi connectivity index (χ0n) is 10.4. The first kappa shape index (κ1) is 13.8. The van der Waals surface area contributed by atoms with Crippen molar-refractivity contribution in [1.82, 2.24) is 5.43 Å². The highest BCUT2D eigenvalue weighted by atomic mass is 79.9. The summed E-state index contributed by atoms with van der Waals surface area (Å²) in [5.74, 6) is 0.654. The number of carbonyl (C=O) groups is 1. The van der Waals surface area contributed by atoms with Crippen LogP contribution in [0.5, 0.6) is 0 Å². The predicted octanol–water partition coefficient (Wildman–Crippen LogP) is 2.98. The molecule has 0 saturated heterocycles. The second-order valence-corrected chi connectivity index (χ2v) is 5.02. The summed E-state index contributed by atoms with van der Waals surface area (Å²) in [6.45, 7) is 0.0130. The average Bonchev–Trinajstić information content (AvgIpc) is 2.92. The molecule has 100 valence electrons. The number of allylic oxidation sites excluding steroid dienone is 2. The summed E-state index contributed by atoms with van der Waals surface area (Å²) in [5.41, 5.74) is 3.34. The molecule has 0 fully saturated rings. The summed E-state index contributed by atoms with van der Waals surface area (Å²) >= 11 is 3.40. The van der Waals surface area contributed by atoms with E-state index in [0.717, 1.165) is 35.1 Å². The van der Waals surface area contributed by atoms with Gasteiger partial charge in [0.05, 0.1) is 12.0 Å². The second kappa shape index (κ2) is 7.09. The maximum atomic E-state index is 11.5. The van der Waals surface area contributed by atoms with Gasteiger partial charge in [0, 0.05) is 16.5 Å². The number of benzene rings is 1. The lowest BCUT2D eigenvalue weighted by molar-refractivity contribution is -0.124. The van der Waals surface area contributed by atoms with E-state index in [0.29, 0.717) is 0 Å². The molecule has 19 heavy (non-hydrogen) atoms. The fourth-order valence-corrected chi connectivity index (χ4v) is 2.10. The molecule has 0 atom stereocenters. The number of nitrogens with one attached hydrogen (secondary N) is 1. The minimum absolute atomic E-state index is 0.0130. The number of amides is 1. The third-order valence-corrected chi connectivity index (χ3v) is 3.41. The Balaban J connectivity index is 1.75. The van der Waals surface area contributed by atoms with Crippen LogP contribution in [0.3, 0.4) is 0 Å². The third kappa shape index (κ3) is 4.52. The minimum Gasteiger partial charge on any atom is -0.488 e. The van der Waals surface area contributed by atoms with Gasteiger partial charge in [-0.3, -0.25) is 4.79 Å². The van der Waals surface area contributed by atoms with E-state index in [-0.39, 0.29) is 12.5 Å². The highest BCUT2D eigenvalue weighted by Gasteiger charge is 2.07. The molecule has 1 amide bonds. The molecule has 5 heteroatoms. The summed E-state index contributed by atoms with van der Waals surface area (Å²) in [6.07, 6.45) is 6.69. The predicted molar refractivity (Wildman–Crippen MR) is 77.8 cm³/mol. The van der Waals surface area contributed by atoms with Crippen molar-refractivity contribution in [2.75, 3.05) is 6.61 Å². The normalized spacial score (nSPS) is 14.5. The van der Waals surface area contributed by atoms with Gasteiger partial charge in [-0.05, 0) is 25.0 Å². The van der Waals surface area contributed by atoms with Gasteiger partial charge in [0.15, 0.2) is 6.61 Å². The first-order valence-corrected chi connectivity index (χ1v) is 6.93. The fourth-order valence-electron chi connectivity index (χ4n) is 1.72. The SMILES string of the molecule is O=C(COC1=CCCC1)N/N=C/c1ccccc1Br. The minimum atomic E-state index is -0.254. The summed E-state index contributed by atoms with van der Waals surface area (Å²) in [5, 5.41) is 3.89. The number of ether oxygens (including phenoxy) is 1. The Morgan fingerprint density at radius 3 is 3.05 bits per heavy atom. The molecule has 0 heterocycles. The quantitative estimate of drug-likeness (QED) is 0.669. The Labute approximate surface area is 120 Å². The molecule has 0 saturated carbocycles. The van der Waals surface area contributed by atoms with Crippen LogP contribution in [0.4, 0.5) is 0 Å². The topological polar surface area (TPSA) is 50.7 Å². The van der Waals surface area contributed by atoms with Gasteiger partial charge in [-0.25, -0.2) is 5.43 Å². The molecule has 4 nitrogen and oxygen atoms in total. The molecule has 0 aliphatic heterocycles. The van der Waals surface area contributed by atoms with Crippen molar-refractivity contribution in [1.29, 1.82) is 0 Å². The fraction of sp³-hybridized carbons (Fsp3) is 0.286. The van der Waals surface area contributed by atoms with E-state index in [4.69, 9.17) is 4.74 Å². The molecule has 1 N–H and O–H groups in total. The van der Waals surface area contributed by atoms with Crippen molar-refractivity contribution in [2.24, 2.45) is 5.10 Å². The van der Waals surface area contributed by atoms with E-state index < -0.39 is 0 Å². The van der Waals surface area contributed by atoms with Gasteiger partial charge in [0.25, 0.3) is 5.91 Å². The van der Waals surface area contributed by atoms with E-state index in [2.05, 4.69) is 26.5 Å². The molecule has 0 spiro atoms. The summed E-state index contributed by atoms with van der Waals surface area (Å²) in [6, 6.07) is 7.64. The highest BCUT2D eigenvalue weighted by molar-refractivity contribution is 9.10. The van der Waals surface area contributed by atoms with Gasteiger partial charge >= 0.3 is 0 Å². The Morgan fingerprint density at radius 2 is 2.32 bits per heavy atom. The lowest BCUT2D eigenvalue weighted by Gasteiger charge is -2.05. The van der Waals surface area contributed by atoms with Crippen LogP contribution in [-0.2, 0) is 9.53 Å². The largest absolute Gasteiger partial charge is 0.488 e. The van der Waals surface area contributed by atoms with Gasteiger partial charge in [-0.2, -0.15) is 5.10 Å². The number of hydrogen-bond donors (Lipinski definition) is 1. The van der Waals surface area contributed by atoms with Crippen LogP contribution in [0.25, 0.3) is 0 Å². The molecule has 1 aliphatic rings. The van der Waals surface area contributed by atoms with Gasteiger partial charge < -0.3 is 4.74 Å². The zero-order chi connectivity index (χ0) is 13.5. The highest BCUT2D eigenvalue weighted by Crippen LogP contribution is 2.18. The molecule has 0 unspecified atom stereocenters. The van der Waals surface area contributed by atoms with E-state index >= 15 is 0 Å². The number of nitrogens with zero attached hydrogens (tertiary/aromatic N) is 1. The van der Waals surface area contributed by atoms with Gasteiger partial charge in [-0.15, -0.1) is 0 Å². The van der Waals surface area contributed by atoms with Crippen LogP contribution in [0.15, 0.2) is 45.7 Å². The van der Waals surface area contributed by atoms with Crippen LogP contribution >= 0.6 is 15.9 Å². The van der Waals surface area contributed by atoms with Crippen LogP contribution < -0.4 is 5.43 Å². The van der Waals surface area contributed by atoms with Crippen molar-refractivity contribution in [3.05, 3.63) is 46.1 Å². The Morgan fingerprint density at radius 1 is 1.47 bits per heavy atom. The molecule has 0 bridgehead atoms. The lowest BCUT2D eigenvalue weighted by atomic mass is 10.2. The first-order chi connectivity index (χ1) is 9.25. The number of halogens is 1. The molecular formula is C14H15BrN2O2. The maximum Gasteiger partial charge on any atom is 0.277 e. The first-order valence-electron chi connectivity index (χ1n) is 6.14. The van der Waals surface area contributed by atoms with Crippen LogP contribution in [0.1, 0.15) is 24.8 Å². The Hall–Kier alpha value is -1.62. The third-order valence-electron chi connectivity index (χ3n) is 2.69. The van der Waals surface area contributed by atoms with E-state index in [9.17, 15) is 4.79 Å². The molecule has 2 rings (SSSR count). The molecule has 1 aromatic carbocycles. The van der Waals surface area contributed by atoms with Crippen LogP contribution in [0.2, 0.25) is 0 Å². The van der Waals surface area contributed by atoms with E-state index in [1.54, 1.807) is 6.21 Å². The Bertz CT molecular complexity index is 512. The molecule has 1 aromatic rings. The molecule has 0 radical (unpaired) electrons. The number of carbonyl (C=O) groups excluding carboxylic acids is 1. The van der Waals surface area contributed by atoms with Gasteiger partial charge in [-0.1, -0.05) is 34.1 Å². The zero-order valence-corrected chi connectivity index (χ0v) is 12.0. The van der Waals surface area contributed by atoms with Crippen LogP contribution in [0, 0.1) is 0 Å². The van der Waals surface area contributed by atoms with E-state index in [1.807, 2.05) is 30.3 Å². The molecule has 0 aromatic heterocycles. The number of hydrazone groups is 1. The summed E-state index contributed by atoms with van der Waals surface area (Å²) < 4.78 is 6.29. The standard InChI is InChI=1S/C14H15BrN2O2/c15-13-8-4-1-5-11(13)9-16-17-14(18)10-19-12-6-2-3-7-12/h1,4-6,8-9H,2-3,7,10H2,(H,17,18)/b16-9+. The summed E-state index contributed by atoms with van der Waals surface area (Å²) in [4.78, 5) is 11.5. The second-order valence-electron chi connectivity index (χ2n) is 4.17. The lowest BCUT2D eigenvalue weighted by Crippen LogP contribution is -2.22. The number of rotatable bonds is 5. The number of hydrogen-bond acceptors (Lipinski definition) is 3. The Kier molecular flexibility index (Phi) is 5.15. The van der Waals surface area contributed by atoms with Crippen molar-refractivity contribution in [3.63, 3.8) is 0 Å². The monoisotopic (exact) mass is 322 g/mol. The average molecular weight is 323 g/mol. The smallest absolute Gasteiger partial charge is 0.277 e. The van der Waals surface area contributed by atoms with Crippen molar-refractivity contribution < 1.29 is 9.53 Å². The van der Waals surface area contributed by atoms with E-state index in [1.165, 1.54) is 0 Å². The molecular weight excluding hydrogens is 308 g/mol. The van der Waals surface area contributed by atoms with Crippen molar-refractivity contribution >= 4 is 28.1 Å². The van der Waals surface area contributed by atoms with Crippen molar-refractivity contribution in [3.8, 4) is 0 Å². The molecule has 1 aliphatic carbocycles. The summed E-state index contributed by atoms with van der Waals surface area (Å²) in [7, 11) is 0. The van der Waals surface area contributed by atoms with Gasteiger partial charge in [0.1, 0.15) is 0 Å².